The molecule has 2 aliphatic rings. The number of aromatic nitrogens is 2. The largest absolute Gasteiger partial charge is 0.530 e. The average Bonchev–Trinajstić information content (AvgIpc) is 3.13. The lowest BCUT2D eigenvalue weighted by Gasteiger charge is -2.26. The van der Waals surface area contributed by atoms with E-state index in [-0.39, 0.29) is 13.2 Å². The molecule has 1 aromatic carbocycles. The number of phosphoric acid groups is 1. The highest BCUT2D eigenvalue weighted by atomic mass is 31.2. The molecule has 1 aromatic heterocycles. The molecule has 4 rings (SSSR count). The number of para-hydroxylation sites is 1. The number of H-pyrrole nitrogens is 1. The second-order valence-corrected chi connectivity index (χ2v) is 8.19. The molecule has 0 aliphatic carbocycles. The van der Waals surface area contributed by atoms with Gasteiger partial charge in [0, 0.05) is 17.3 Å². The summed E-state index contributed by atoms with van der Waals surface area (Å²) in [5.41, 5.74) is 1.02. The van der Waals surface area contributed by atoms with Gasteiger partial charge < -0.3 is 9.26 Å². The Labute approximate surface area is 160 Å². The Morgan fingerprint density at radius 1 is 1.25 bits per heavy atom. The zero-order chi connectivity index (χ0) is 19.9. The third kappa shape index (κ3) is 3.62. The molecule has 0 radical (unpaired) electrons. The van der Waals surface area contributed by atoms with Gasteiger partial charge in [0.1, 0.15) is 11.9 Å². The van der Waals surface area contributed by atoms with E-state index in [4.69, 9.17) is 18.3 Å². The number of aromatic amines is 1. The van der Waals surface area contributed by atoms with Crippen molar-refractivity contribution >= 4 is 7.82 Å². The predicted octanol–water partition coefficient (Wildman–Crippen LogP) is 2.34. The summed E-state index contributed by atoms with van der Waals surface area (Å²) in [5, 5.41) is 0. The van der Waals surface area contributed by atoms with Crippen LogP contribution in [0.5, 0.6) is 5.75 Å². The normalized spacial score (nSPS) is 26.1. The van der Waals surface area contributed by atoms with Gasteiger partial charge in [-0.15, -0.1) is 0 Å². The number of rotatable bonds is 4. The Hall–Kier alpha value is -2.45. The fourth-order valence-electron chi connectivity index (χ4n) is 2.99. The number of nitrogens with one attached hydrogen (secondary N) is 1. The van der Waals surface area contributed by atoms with Gasteiger partial charge in [-0.2, -0.15) is 0 Å². The van der Waals surface area contributed by atoms with Crippen molar-refractivity contribution in [3.05, 3.63) is 74.1 Å². The second-order valence-electron chi connectivity index (χ2n) is 6.60. The summed E-state index contributed by atoms with van der Waals surface area (Å²) in [6.07, 6.45) is 3.51. The minimum absolute atomic E-state index is 0.0808. The van der Waals surface area contributed by atoms with Crippen LogP contribution < -0.4 is 15.8 Å². The molecule has 2 aliphatic heterocycles. The molecule has 0 saturated heterocycles. The van der Waals surface area contributed by atoms with Crippen LogP contribution in [0.15, 0.2) is 46.1 Å². The van der Waals surface area contributed by atoms with Gasteiger partial charge in [0.25, 0.3) is 5.56 Å². The minimum atomic E-state index is -3.77. The van der Waals surface area contributed by atoms with Gasteiger partial charge in [0.2, 0.25) is 0 Å². The molecule has 10 heteroatoms. The minimum Gasteiger partial charge on any atom is -0.403 e. The average molecular weight is 406 g/mol. The number of benzene rings is 1. The van der Waals surface area contributed by atoms with E-state index in [9.17, 15) is 14.2 Å². The fraction of sp³-hybridized carbons (Fsp3) is 0.333. The Morgan fingerprint density at radius 2 is 2.07 bits per heavy atom. The third-order valence-electron chi connectivity index (χ3n) is 4.50. The molecule has 2 aromatic rings. The number of hydrogen-bond donors (Lipinski definition) is 1. The molecule has 0 unspecified atom stereocenters. The fourth-order valence-corrected chi connectivity index (χ4v) is 4.28. The van der Waals surface area contributed by atoms with Gasteiger partial charge in [-0.1, -0.05) is 24.3 Å². The summed E-state index contributed by atoms with van der Waals surface area (Å²) in [7, 11) is -3.77. The molecular weight excluding hydrogens is 387 g/mol. The van der Waals surface area contributed by atoms with Crippen molar-refractivity contribution in [2.24, 2.45) is 0 Å². The van der Waals surface area contributed by atoms with Gasteiger partial charge in [-0.25, -0.2) is 9.36 Å². The first-order valence-electron chi connectivity index (χ1n) is 8.68. The smallest absolute Gasteiger partial charge is 0.403 e. The SMILES string of the molecule is Cc1cccc2c1O[P@](=O)(OC[C@@H]1C=C[C@H](n3cc(C)c(=O)[nH]c3=O)O1)OC2. The molecule has 3 heterocycles. The molecule has 0 saturated carbocycles. The molecule has 0 bridgehead atoms. The van der Waals surface area contributed by atoms with E-state index in [2.05, 4.69) is 4.98 Å². The molecule has 1 N–H and O–H groups in total. The standard InChI is InChI=1S/C18H19N2O7P/c1-11-4-3-5-13-9-24-28(23,27-16(11)13)25-10-14-6-7-15(26-14)20-8-12(2)17(21)19-18(20)22/h3-8,14-15H,9-10H2,1-2H3,(H,19,21,22)/t14-,15+,28-/m0/s1. The number of ether oxygens (including phenoxy) is 1. The zero-order valence-electron chi connectivity index (χ0n) is 15.3. The first kappa shape index (κ1) is 18.9. The van der Waals surface area contributed by atoms with E-state index >= 15 is 0 Å². The number of hydrogen-bond acceptors (Lipinski definition) is 7. The summed E-state index contributed by atoms with van der Waals surface area (Å²) in [5.74, 6) is 0.508. The van der Waals surface area contributed by atoms with E-state index in [0.29, 0.717) is 11.3 Å². The van der Waals surface area contributed by atoms with Crippen molar-refractivity contribution in [3.8, 4) is 5.75 Å². The lowest BCUT2D eigenvalue weighted by molar-refractivity contribution is -0.0130. The van der Waals surface area contributed by atoms with Crippen molar-refractivity contribution in [1.29, 1.82) is 0 Å². The summed E-state index contributed by atoms with van der Waals surface area (Å²) in [6, 6.07) is 5.56. The Kier molecular flexibility index (Phi) is 4.84. The number of nitrogens with zero attached hydrogens (tertiary/aromatic N) is 1. The van der Waals surface area contributed by atoms with Crippen molar-refractivity contribution in [1.82, 2.24) is 9.55 Å². The van der Waals surface area contributed by atoms with E-state index in [1.807, 2.05) is 25.1 Å². The molecule has 9 nitrogen and oxygen atoms in total. The number of aryl methyl sites for hydroxylation is 2. The number of fused-ring (bicyclic) bond motifs is 1. The van der Waals surface area contributed by atoms with Crippen LogP contribution in [0.2, 0.25) is 0 Å². The monoisotopic (exact) mass is 406 g/mol. The summed E-state index contributed by atoms with van der Waals surface area (Å²) in [4.78, 5) is 25.7. The van der Waals surface area contributed by atoms with Gasteiger partial charge in [0.15, 0.2) is 6.23 Å². The van der Waals surface area contributed by atoms with E-state index in [1.54, 1.807) is 19.1 Å². The van der Waals surface area contributed by atoms with Gasteiger partial charge in [-0.05, 0) is 25.5 Å². The van der Waals surface area contributed by atoms with Crippen molar-refractivity contribution in [3.63, 3.8) is 0 Å². The van der Waals surface area contributed by atoms with E-state index < -0.39 is 31.4 Å². The first-order valence-corrected chi connectivity index (χ1v) is 10.1. The molecular formula is C18H19N2O7P. The number of phosphoric ester groups is 1. The molecule has 148 valence electrons. The quantitative estimate of drug-likeness (QED) is 0.613. The molecule has 28 heavy (non-hydrogen) atoms. The highest BCUT2D eigenvalue weighted by Gasteiger charge is 2.36. The molecule has 0 amide bonds. The third-order valence-corrected chi connectivity index (χ3v) is 5.81. The molecule has 0 fully saturated rings. The highest BCUT2D eigenvalue weighted by molar-refractivity contribution is 7.49. The summed E-state index contributed by atoms with van der Waals surface area (Å²) in [6.45, 7) is 3.50. The Morgan fingerprint density at radius 3 is 2.89 bits per heavy atom. The van der Waals surface area contributed by atoms with Crippen LogP contribution in [-0.2, 0) is 25.0 Å². The van der Waals surface area contributed by atoms with Crippen molar-refractivity contribution in [2.75, 3.05) is 6.61 Å². The Balaban J connectivity index is 1.41. The molecule has 3 atom stereocenters. The maximum Gasteiger partial charge on any atom is 0.530 e. The lowest BCUT2D eigenvalue weighted by atomic mass is 10.1. The maximum absolute atomic E-state index is 12.8. The van der Waals surface area contributed by atoms with Crippen LogP contribution in [0.25, 0.3) is 0 Å². The predicted molar refractivity (Wildman–Crippen MR) is 99.3 cm³/mol. The van der Waals surface area contributed by atoms with Gasteiger partial charge in [0.05, 0.1) is 13.2 Å². The van der Waals surface area contributed by atoms with E-state index in [1.165, 1.54) is 10.8 Å². The van der Waals surface area contributed by atoms with Crippen LogP contribution >= 0.6 is 7.82 Å². The van der Waals surface area contributed by atoms with Crippen LogP contribution in [0.1, 0.15) is 22.9 Å². The van der Waals surface area contributed by atoms with Crippen molar-refractivity contribution in [2.45, 2.75) is 32.8 Å². The Bertz CT molecular complexity index is 1100. The van der Waals surface area contributed by atoms with Gasteiger partial charge in [-0.3, -0.25) is 23.4 Å². The lowest BCUT2D eigenvalue weighted by Crippen LogP contribution is -2.33. The van der Waals surface area contributed by atoms with Crippen LogP contribution in [-0.4, -0.2) is 22.3 Å². The zero-order valence-corrected chi connectivity index (χ0v) is 16.2. The van der Waals surface area contributed by atoms with Gasteiger partial charge >= 0.3 is 13.5 Å². The van der Waals surface area contributed by atoms with Crippen LogP contribution in [0.4, 0.5) is 0 Å². The van der Waals surface area contributed by atoms with Crippen molar-refractivity contribution < 1.29 is 22.9 Å². The second kappa shape index (κ2) is 7.18. The van der Waals surface area contributed by atoms with Crippen LogP contribution in [0, 0.1) is 13.8 Å². The molecule has 0 spiro atoms. The van der Waals surface area contributed by atoms with E-state index in [0.717, 1.165) is 11.1 Å². The first-order chi connectivity index (χ1) is 13.3. The summed E-state index contributed by atoms with van der Waals surface area (Å²) >= 11 is 0. The highest BCUT2D eigenvalue weighted by Crippen LogP contribution is 2.55. The summed E-state index contributed by atoms with van der Waals surface area (Å²) < 4.78 is 36.0. The topological polar surface area (TPSA) is 109 Å². The van der Waals surface area contributed by atoms with Crippen LogP contribution in [0.3, 0.4) is 0 Å². The maximum atomic E-state index is 12.8.